The Labute approximate surface area is 132 Å². The SMILES string of the molecule is CN(C(=O)C1CC1)C1CCCN(Cc2cccc(C#N)c2)C1. The number of piperidine rings is 1. The third-order valence-corrected chi connectivity index (χ3v) is 4.76. The summed E-state index contributed by atoms with van der Waals surface area (Å²) in [4.78, 5) is 16.6. The number of hydrogen-bond acceptors (Lipinski definition) is 3. The monoisotopic (exact) mass is 297 g/mol. The normalized spacial score (nSPS) is 22.1. The van der Waals surface area contributed by atoms with Crippen molar-refractivity contribution in [2.24, 2.45) is 5.92 Å². The third kappa shape index (κ3) is 3.48. The second-order valence-corrected chi connectivity index (χ2v) is 6.57. The summed E-state index contributed by atoms with van der Waals surface area (Å²) >= 11 is 0. The van der Waals surface area contributed by atoms with Crippen LogP contribution in [0.15, 0.2) is 24.3 Å². The Morgan fingerprint density at radius 3 is 2.95 bits per heavy atom. The fraction of sp³-hybridized carbons (Fsp3) is 0.556. The standard InChI is InChI=1S/C18H23N3O/c1-20(18(22)16-7-8-16)17-6-3-9-21(13-17)12-15-5-2-4-14(10-15)11-19/h2,4-5,10,16-17H,3,6-9,12-13H2,1H3. The van der Waals surface area contributed by atoms with Gasteiger partial charge in [-0.3, -0.25) is 9.69 Å². The van der Waals surface area contributed by atoms with E-state index in [-0.39, 0.29) is 0 Å². The lowest BCUT2D eigenvalue weighted by Crippen LogP contribution is -2.48. The number of nitriles is 1. The van der Waals surface area contributed by atoms with Gasteiger partial charge in [0, 0.05) is 32.1 Å². The number of carbonyl (C=O) groups is 1. The molecule has 1 aromatic carbocycles. The second-order valence-electron chi connectivity index (χ2n) is 6.57. The molecule has 1 saturated heterocycles. The molecule has 4 nitrogen and oxygen atoms in total. The minimum Gasteiger partial charge on any atom is -0.341 e. The van der Waals surface area contributed by atoms with Crippen LogP contribution in [0.1, 0.15) is 36.8 Å². The summed E-state index contributed by atoms with van der Waals surface area (Å²) in [5, 5.41) is 8.99. The van der Waals surface area contributed by atoms with E-state index in [1.807, 2.05) is 30.1 Å². The lowest BCUT2D eigenvalue weighted by atomic mass is 10.0. The predicted octanol–water partition coefficient (Wildman–Crippen LogP) is 2.39. The molecule has 0 spiro atoms. The Morgan fingerprint density at radius 1 is 1.41 bits per heavy atom. The minimum atomic E-state index is 0.299. The lowest BCUT2D eigenvalue weighted by molar-refractivity contribution is -0.134. The fourth-order valence-corrected chi connectivity index (χ4v) is 3.29. The van der Waals surface area contributed by atoms with E-state index < -0.39 is 0 Å². The Balaban J connectivity index is 1.60. The van der Waals surface area contributed by atoms with E-state index in [0.717, 1.165) is 45.3 Å². The van der Waals surface area contributed by atoms with Crippen LogP contribution in [0, 0.1) is 17.2 Å². The van der Waals surface area contributed by atoms with Crippen molar-refractivity contribution in [1.82, 2.24) is 9.80 Å². The van der Waals surface area contributed by atoms with Gasteiger partial charge in [-0.15, -0.1) is 0 Å². The van der Waals surface area contributed by atoms with Crippen molar-refractivity contribution in [3.63, 3.8) is 0 Å². The van der Waals surface area contributed by atoms with Crippen molar-refractivity contribution in [1.29, 1.82) is 5.26 Å². The third-order valence-electron chi connectivity index (χ3n) is 4.76. The Bertz CT molecular complexity index is 588. The van der Waals surface area contributed by atoms with E-state index in [4.69, 9.17) is 5.26 Å². The average Bonchev–Trinajstić information content (AvgIpc) is 3.39. The quantitative estimate of drug-likeness (QED) is 0.857. The first-order chi connectivity index (χ1) is 10.7. The summed E-state index contributed by atoms with van der Waals surface area (Å²) in [5.74, 6) is 0.631. The molecule has 1 aliphatic heterocycles. The van der Waals surface area contributed by atoms with E-state index >= 15 is 0 Å². The fourth-order valence-electron chi connectivity index (χ4n) is 3.29. The Morgan fingerprint density at radius 2 is 2.23 bits per heavy atom. The van der Waals surface area contributed by atoms with Gasteiger partial charge in [-0.05, 0) is 49.9 Å². The van der Waals surface area contributed by atoms with Gasteiger partial charge in [-0.25, -0.2) is 0 Å². The Kier molecular flexibility index (Phi) is 4.44. The van der Waals surface area contributed by atoms with Gasteiger partial charge in [0.2, 0.25) is 5.91 Å². The zero-order valence-electron chi connectivity index (χ0n) is 13.2. The van der Waals surface area contributed by atoms with Crippen molar-refractivity contribution in [3.05, 3.63) is 35.4 Å². The molecule has 0 radical (unpaired) electrons. The molecule has 22 heavy (non-hydrogen) atoms. The molecule has 1 aliphatic carbocycles. The average molecular weight is 297 g/mol. The van der Waals surface area contributed by atoms with Crippen LogP contribution in [-0.2, 0) is 11.3 Å². The summed E-state index contributed by atoms with van der Waals surface area (Å²) in [6, 6.07) is 10.3. The smallest absolute Gasteiger partial charge is 0.225 e. The van der Waals surface area contributed by atoms with Crippen LogP contribution in [0.2, 0.25) is 0 Å². The Hall–Kier alpha value is -1.86. The van der Waals surface area contributed by atoms with Crippen LogP contribution >= 0.6 is 0 Å². The largest absolute Gasteiger partial charge is 0.341 e. The number of likely N-dealkylation sites (N-methyl/N-ethyl adjacent to an activating group) is 1. The molecule has 2 aliphatic rings. The van der Waals surface area contributed by atoms with Gasteiger partial charge in [-0.2, -0.15) is 5.26 Å². The molecular weight excluding hydrogens is 274 g/mol. The second kappa shape index (κ2) is 6.50. The van der Waals surface area contributed by atoms with E-state index in [1.165, 1.54) is 5.56 Å². The van der Waals surface area contributed by atoms with Crippen molar-refractivity contribution in [3.8, 4) is 6.07 Å². The molecular formula is C18H23N3O. The first kappa shape index (κ1) is 15.1. The molecule has 3 rings (SSSR count). The number of amides is 1. The molecule has 1 atom stereocenters. The van der Waals surface area contributed by atoms with Crippen LogP contribution < -0.4 is 0 Å². The van der Waals surface area contributed by atoms with Gasteiger partial charge >= 0.3 is 0 Å². The maximum Gasteiger partial charge on any atom is 0.225 e. The summed E-state index contributed by atoms with van der Waals surface area (Å²) < 4.78 is 0. The maximum absolute atomic E-state index is 12.2. The van der Waals surface area contributed by atoms with Crippen molar-refractivity contribution < 1.29 is 4.79 Å². The molecule has 2 fully saturated rings. The van der Waals surface area contributed by atoms with Crippen LogP contribution in [-0.4, -0.2) is 41.9 Å². The van der Waals surface area contributed by atoms with Gasteiger partial charge < -0.3 is 4.90 Å². The molecule has 0 N–H and O–H groups in total. The minimum absolute atomic E-state index is 0.299. The highest BCUT2D eigenvalue weighted by Gasteiger charge is 2.35. The van der Waals surface area contributed by atoms with E-state index in [9.17, 15) is 4.79 Å². The van der Waals surface area contributed by atoms with Gasteiger partial charge in [0.05, 0.1) is 11.6 Å². The van der Waals surface area contributed by atoms with E-state index in [0.29, 0.717) is 23.4 Å². The topological polar surface area (TPSA) is 47.3 Å². The zero-order valence-corrected chi connectivity index (χ0v) is 13.2. The summed E-state index contributed by atoms with van der Waals surface area (Å²) in [5.41, 5.74) is 1.89. The van der Waals surface area contributed by atoms with Gasteiger partial charge in [0.1, 0.15) is 0 Å². The summed E-state index contributed by atoms with van der Waals surface area (Å²) in [6.45, 7) is 2.86. The van der Waals surface area contributed by atoms with Gasteiger partial charge in [-0.1, -0.05) is 12.1 Å². The highest BCUT2D eigenvalue weighted by molar-refractivity contribution is 5.81. The number of nitrogens with zero attached hydrogens (tertiary/aromatic N) is 3. The number of rotatable bonds is 4. The van der Waals surface area contributed by atoms with E-state index in [2.05, 4.69) is 17.0 Å². The summed E-state index contributed by atoms with van der Waals surface area (Å²) in [6.07, 6.45) is 4.37. The van der Waals surface area contributed by atoms with Gasteiger partial charge in [0.15, 0.2) is 0 Å². The molecule has 1 heterocycles. The molecule has 4 heteroatoms. The molecule has 1 saturated carbocycles. The van der Waals surface area contributed by atoms with Crippen LogP contribution in [0.25, 0.3) is 0 Å². The first-order valence-corrected chi connectivity index (χ1v) is 8.15. The predicted molar refractivity (Wildman–Crippen MR) is 85.0 cm³/mol. The van der Waals surface area contributed by atoms with Crippen LogP contribution in [0.4, 0.5) is 0 Å². The van der Waals surface area contributed by atoms with Crippen molar-refractivity contribution in [2.45, 2.75) is 38.3 Å². The van der Waals surface area contributed by atoms with Crippen molar-refractivity contribution in [2.75, 3.05) is 20.1 Å². The zero-order chi connectivity index (χ0) is 15.5. The molecule has 116 valence electrons. The lowest BCUT2D eigenvalue weighted by Gasteiger charge is -2.37. The van der Waals surface area contributed by atoms with Gasteiger partial charge in [0.25, 0.3) is 0 Å². The maximum atomic E-state index is 12.2. The number of carbonyl (C=O) groups excluding carboxylic acids is 1. The highest BCUT2D eigenvalue weighted by atomic mass is 16.2. The number of hydrogen-bond donors (Lipinski definition) is 0. The molecule has 1 unspecified atom stereocenters. The number of likely N-dealkylation sites (tertiary alicyclic amines) is 1. The highest BCUT2D eigenvalue weighted by Crippen LogP contribution is 2.32. The van der Waals surface area contributed by atoms with Crippen molar-refractivity contribution >= 4 is 5.91 Å². The van der Waals surface area contributed by atoms with Crippen LogP contribution in [0.3, 0.4) is 0 Å². The summed E-state index contributed by atoms with van der Waals surface area (Å²) in [7, 11) is 1.96. The van der Waals surface area contributed by atoms with E-state index in [1.54, 1.807) is 0 Å². The molecule has 0 bridgehead atoms. The van der Waals surface area contributed by atoms with Crippen LogP contribution in [0.5, 0.6) is 0 Å². The first-order valence-electron chi connectivity index (χ1n) is 8.15. The molecule has 1 amide bonds. The molecule has 1 aromatic rings. The molecule has 0 aromatic heterocycles. The number of benzene rings is 1.